The zero-order valence-corrected chi connectivity index (χ0v) is 17.7. The summed E-state index contributed by atoms with van der Waals surface area (Å²) in [6.07, 6.45) is 1.83. The highest BCUT2D eigenvalue weighted by Crippen LogP contribution is 2.29. The van der Waals surface area contributed by atoms with Crippen molar-refractivity contribution < 1.29 is 14.2 Å². The molecule has 0 spiro atoms. The Balaban J connectivity index is 0.00000338. The number of guanidine groups is 1. The molecule has 0 heterocycles. The lowest BCUT2D eigenvalue weighted by atomic mass is 10.1. The van der Waals surface area contributed by atoms with Crippen molar-refractivity contribution in [2.75, 3.05) is 33.2 Å². The van der Waals surface area contributed by atoms with Crippen molar-refractivity contribution in [3.05, 3.63) is 48.0 Å². The molecule has 0 aromatic heterocycles. The molecular formula is C19H26IN3O3. The van der Waals surface area contributed by atoms with Gasteiger partial charge in [0.1, 0.15) is 5.75 Å². The number of benzene rings is 2. The molecule has 7 heteroatoms. The quantitative estimate of drug-likeness (QED) is 0.266. The van der Waals surface area contributed by atoms with E-state index in [4.69, 9.17) is 19.9 Å². The van der Waals surface area contributed by atoms with Gasteiger partial charge < -0.3 is 25.3 Å². The van der Waals surface area contributed by atoms with Gasteiger partial charge in [-0.05, 0) is 42.7 Å². The fraction of sp³-hybridized carbons (Fsp3) is 0.316. The van der Waals surface area contributed by atoms with Gasteiger partial charge in [-0.1, -0.05) is 12.1 Å². The molecule has 0 saturated carbocycles. The normalized spacial score (nSPS) is 10.7. The van der Waals surface area contributed by atoms with Crippen LogP contribution in [0.15, 0.2) is 47.5 Å². The van der Waals surface area contributed by atoms with E-state index >= 15 is 0 Å². The Morgan fingerprint density at radius 2 is 1.77 bits per heavy atom. The van der Waals surface area contributed by atoms with Crippen molar-refractivity contribution in [1.29, 1.82) is 0 Å². The van der Waals surface area contributed by atoms with E-state index in [0.29, 0.717) is 24.0 Å². The number of ether oxygens (including phenoxy) is 3. The largest absolute Gasteiger partial charge is 0.497 e. The molecule has 0 radical (unpaired) electrons. The third kappa shape index (κ3) is 6.62. The Hall–Kier alpha value is -2.16. The van der Waals surface area contributed by atoms with E-state index in [0.717, 1.165) is 24.3 Å². The number of nitrogens with two attached hydrogens (primary N) is 1. The van der Waals surface area contributed by atoms with Crippen LogP contribution < -0.4 is 25.3 Å². The average Bonchev–Trinajstić information content (AvgIpc) is 2.65. The summed E-state index contributed by atoms with van der Waals surface area (Å²) >= 11 is 0. The topological polar surface area (TPSA) is 78.1 Å². The second kappa shape index (κ2) is 11.5. The maximum atomic E-state index is 5.94. The van der Waals surface area contributed by atoms with E-state index in [9.17, 15) is 0 Å². The van der Waals surface area contributed by atoms with Gasteiger partial charge in [0, 0.05) is 18.3 Å². The molecule has 2 aromatic carbocycles. The van der Waals surface area contributed by atoms with Gasteiger partial charge in [0.05, 0.1) is 21.3 Å². The summed E-state index contributed by atoms with van der Waals surface area (Å²) in [5, 5.41) is 3.06. The average molecular weight is 471 g/mol. The Bertz CT molecular complexity index is 723. The summed E-state index contributed by atoms with van der Waals surface area (Å²) < 4.78 is 15.7. The van der Waals surface area contributed by atoms with E-state index in [1.54, 1.807) is 21.3 Å². The summed E-state index contributed by atoms with van der Waals surface area (Å²) in [5.74, 6) is 2.55. The van der Waals surface area contributed by atoms with Crippen LogP contribution in [0.4, 0.5) is 5.69 Å². The molecule has 0 atom stereocenters. The van der Waals surface area contributed by atoms with Crippen LogP contribution >= 0.6 is 24.0 Å². The third-order valence-electron chi connectivity index (χ3n) is 3.70. The number of halogens is 1. The molecule has 0 aliphatic carbocycles. The van der Waals surface area contributed by atoms with Gasteiger partial charge in [-0.2, -0.15) is 0 Å². The van der Waals surface area contributed by atoms with Crippen LogP contribution in [0.1, 0.15) is 12.0 Å². The first-order chi connectivity index (χ1) is 12.2. The van der Waals surface area contributed by atoms with Gasteiger partial charge in [0.25, 0.3) is 0 Å². The number of hydrogen-bond donors (Lipinski definition) is 2. The molecule has 3 N–H and O–H groups in total. The number of aryl methyl sites for hydroxylation is 1. The lowest BCUT2D eigenvalue weighted by Gasteiger charge is -2.11. The van der Waals surface area contributed by atoms with Crippen molar-refractivity contribution in [2.45, 2.75) is 12.8 Å². The summed E-state index contributed by atoms with van der Waals surface area (Å²) in [7, 11) is 4.87. The van der Waals surface area contributed by atoms with Crippen LogP contribution in [0.2, 0.25) is 0 Å². The first kappa shape index (κ1) is 21.9. The standard InChI is InChI=1S/C19H25N3O3.HI/c1-23-16-8-4-6-14(12-16)7-5-11-21-19(20)22-15-9-10-17(24-2)18(13-15)25-3;/h4,6,8-10,12-13H,5,7,11H2,1-3H3,(H3,20,21,22);1H. The summed E-state index contributed by atoms with van der Waals surface area (Å²) in [5.41, 5.74) is 7.96. The minimum absolute atomic E-state index is 0. The van der Waals surface area contributed by atoms with Gasteiger partial charge in [0.15, 0.2) is 17.5 Å². The lowest BCUT2D eigenvalue weighted by molar-refractivity contribution is 0.355. The van der Waals surface area contributed by atoms with Gasteiger partial charge >= 0.3 is 0 Å². The number of rotatable bonds is 8. The monoisotopic (exact) mass is 471 g/mol. The van der Waals surface area contributed by atoms with Crippen molar-refractivity contribution in [3.8, 4) is 17.2 Å². The van der Waals surface area contributed by atoms with E-state index in [1.807, 2.05) is 36.4 Å². The highest BCUT2D eigenvalue weighted by molar-refractivity contribution is 14.0. The highest BCUT2D eigenvalue weighted by Gasteiger charge is 2.05. The first-order valence-corrected chi connectivity index (χ1v) is 8.08. The van der Waals surface area contributed by atoms with Crippen molar-refractivity contribution in [3.63, 3.8) is 0 Å². The second-order valence-electron chi connectivity index (χ2n) is 5.42. The number of nitrogens with zero attached hydrogens (tertiary/aromatic N) is 1. The van der Waals surface area contributed by atoms with Gasteiger partial charge in [-0.3, -0.25) is 4.99 Å². The van der Waals surface area contributed by atoms with Gasteiger partial charge in [0.2, 0.25) is 0 Å². The molecule has 26 heavy (non-hydrogen) atoms. The fourth-order valence-electron chi connectivity index (χ4n) is 2.41. The molecule has 0 aliphatic rings. The van der Waals surface area contributed by atoms with Gasteiger partial charge in [-0.15, -0.1) is 24.0 Å². The van der Waals surface area contributed by atoms with Crippen LogP contribution in [0.5, 0.6) is 17.2 Å². The predicted octanol–water partition coefficient (Wildman–Crippen LogP) is 3.69. The Morgan fingerprint density at radius 1 is 1.00 bits per heavy atom. The summed E-state index contributed by atoms with van der Waals surface area (Å²) in [4.78, 5) is 4.36. The van der Waals surface area contributed by atoms with Crippen molar-refractivity contribution >= 4 is 35.6 Å². The molecule has 2 aromatic rings. The van der Waals surface area contributed by atoms with E-state index < -0.39 is 0 Å². The fourth-order valence-corrected chi connectivity index (χ4v) is 2.41. The molecule has 6 nitrogen and oxygen atoms in total. The van der Waals surface area contributed by atoms with E-state index in [2.05, 4.69) is 16.4 Å². The Labute approximate surface area is 171 Å². The SMILES string of the molecule is COc1cccc(CCCN=C(N)Nc2ccc(OC)c(OC)c2)c1.I. The van der Waals surface area contributed by atoms with E-state index in [1.165, 1.54) is 5.56 Å². The van der Waals surface area contributed by atoms with Crippen molar-refractivity contribution in [1.82, 2.24) is 0 Å². The summed E-state index contributed by atoms with van der Waals surface area (Å²) in [6.45, 7) is 0.642. The molecule has 0 unspecified atom stereocenters. The minimum atomic E-state index is 0. The molecule has 0 aliphatic heterocycles. The van der Waals surface area contributed by atoms with Gasteiger partial charge in [-0.25, -0.2) is 0 Å². The van der Waals surface area contributed by atoms with Crippen LogP contribution in [-0.4, -0.2) is 33.8 Å². The van der Waals surface area contributed by atoms with Crippen LogP contribution in [0, 0.1) is 0 Å². The number of methoxy groups -OCH3 is 3. The number of hydrogen-bond acceptors (Lipinski definition) is 4. The molecule has 0 amide bonds. The molecule has 0 bridgehead atoms. The molecule has 2 rings (SSSR count). The lowest BCUT2D eigenvalue weighted by Crippen LogP contribution is -2.22. The third-order valence-corrected chi connectivity index (χ3v) is 3.70. The van der Waals surface area contributed by atoms with Crippen LogP contribution in [-0.2, 0) is 6.42 Å². The number of aliphatic imine (C=N–C) groups is 1. The molecule has 0 fully saturated rings. The Morgan fingerprint density at radius 3 is 2.46 bits per heavy atom. The smallest absolute Gasteiger partial charge is 0.193 e. The summed E-state index contributed by atoms with van der Waals surface area (Å²) in [6, 6.07) is 13.5. The van der Waals surface area contributed by atoms with Crippen LogP contribution in [0.25, 0.3) is 0 Å². The number of nitrogens with one attached hydrogen (secondary N) is 1. The maximum Gasteiger partial charge on any atom is 0.193 e. The molecule has 0 saturated heterocycles. The van der Waals surface area contributed by atoms with Crippen molar-refractivity contribution in [2.24, 2.45) is 10.7 Å². The first-order valence-electron chi connectivity index (χ1n) is 8.08. The zero-order valence-electron chi connectivity index (χ0n) is 15.3. The minimum Gasteiger partial charge on any atom is -0.497 e. The predicted molar refractivity (Wildman–Crippen MR) is 116 cm³/mol. The zero-order chi connectivity index (χ0) is 18.1. The number of anilines is 1. The molecular weight excluding hydrogens is 445 g/mol. The van der Waals surface area contributed by atoms with E-state index in [-0.39, 0.29) is 24.0 Å². The Kier molecular flexibility index (Phi) is 9.64. The maximum absolute atomic E-state index is 5.94. The molecule has 142 valence electrons. The highest BCUT2D eigenvalue weighted by atomic mass is 127. The second-order valence-corrected chi connectivity index (χ2v) is 5.42. The van der Waals surface area contributed by atoms with Crippen LogP contribution in [0.3, 0.4) is 0 Å².